The van der Waals surface area contributed by atoms with Crippen LogP contribution in [0.3, 0.4) is 0 Å². The third kappa shape index (κ3) is 2.36. The van der Waals surface area contributed by atoms with Crippen molar-refractivity contribution < 1.29 is 13.2 Å². The van der Waals surface area contributed by atoms with Crippen molar-refractivity contribution in [3.63, 3.8) is 0 Å². The number of hydrogen-bond donors (Lipinski definition) is 0. The summed E-state index contributed by atoms with van der Waals surface area (Å²) in [7, 11) is 1.81. The molecule has 18 heavy (non-hydrogen) atoms. The second-order valence-electron chi connectivity index (χ2n) is 5.69. The average molecular weight is 262 g/mol. The Bertz CT molecular complexity index is 338. The summed E-state index contributed by atoms with van der Waals surface area (Å²) in [6.45, 7) is 3.90. The van der Waals surface area contributed by atoms with Gasteiger partial charge in [0.05, 0.1) is 12.0 Å². The number of rotatable bonds is 1. The van der Waals surface area contributed by atoms with Gasteiger partial charge in [-0.25, -0.2) is 0 Å². The molecule has 1 saturated carbocycles. The van der Waals surface area contributed by atoms with Crippen LogP contribution in [0, 0.1) is 17.8 Å². The van der Waals surface area contributed by atoms with E-state index in [0.717, 1.165) is 12.1 Å². The van der Waals surface area contributed by atoms with Crippen LogP contribution in [0.1, 0.15) is 39.5 Å². The highest BCUT2D eigenvalue weighted by molar-refractivity contribution is 5.85. The molecular formula is C13H21F3N2. The van der Waals surface area contributed by atoms with Crippen LogP contribution >= 0.6 is 0 Å². The van der Waals surface area contributed by atoms with Crippen molar-refractivity contribution in [3.8, 4) is 0 Å². The zero-order valence-corrected chi connectivity index (χ0v) is 11.2. The molecule has 0 amide bonds. The smallest absolute Gasteiger partial charge is 0.296 e. The van der Waals surface area contributed by atoms with Gasteiger partial charge in [-0.05, 0) is 25.7 Å². The van der Waals surface area contributed by atoms with E-state index >= 15 is 0 Å². The Morgan fingerprint density at radius 3 is 2.33 bits per heavy atom. The summed E-state index contributed by atoms with van der Waals surface area (Å²) >= 11 is 0. The minimum absolute atomic E-state index is 0.0862. The predicted octanol–water partition coefficient (Wildman–Crippen LogP) is 3.68. The summed E-state index contributed by atoms with van der Waals surface area (Å²) in [5.41, 5.74) is 0.953. The monoisotopic (exact) mass is 262 g/mol. The standard InChI is InChI=1S/C13H21F3N2/c1-8-9(2)17-18(3)12(8)10-6-4-5-7-11(10)13(14,15)16/h8,10-12H,4-7H2,1-3H3. The molecule has 1 heterocycles. The Labute approximate surface area is 106 Å². The molecule has 0 spiro atoms. The molecule has 0 N–H and O–H groups in total. The topological polar surface area (TPSA) is 15.6 Å². The largest absolute Gasteiger partial charge is 0.392 e. The number of hydrazone groups is 1. The van der Waals surface area contributed by atoms with E-state index in [4.69, 9.17) is 0 Å². The summed E-state index contributed by atoms with van der Waals surface area (Å²) in [4.78, 5) is 0. The number of hydrogen-bond acceptors (Lipinski definition) is 2. The van der Waals surface area contributed by atoms with E-state index in [2.05, 4.69) is 5.10 Å². The molecule has 4 unspecified atom stereocenters. The highest BCUT2D eigenvalue weighted by Crippen LogP contribution is 2.46. The van der Waals surface area contributed by atoms with Crippen molar-refractivity contribution in [1.82, 2.24) is 5.01 Å². The minimum atomic E-state index is -4.07. The van der Waals surface area contributed by atoms with E-state index in [0.29, 0.717) is 12.8 Å². The SMILES string of the molecule is CC1=NN(C)C(C2CCCCC2C(F)(F)F)C1C. The lowest BCUT2D eigenvalue weighted by Crippen LogP contribution is -2.46. The Balaban J connectivity index is 2.20. The lowest BCUT2D eigenvalue weighted by molar-refractivity contribution is -0.203. The normalized spacial score (nSPS) is 37.9. The number of halogens is 3. The van der Waals surface area contributed by atoms with Gasteiger partial charge >= 0.3 is 6.18 Å². The fourth-order valence-corrected chi connectivity index (χ4v) is 3.60. The summed E-state index contributed by atoms with van der Waals surface area (Å²) in [5.74, 6) is -1.33. The van der Waals surface area contributed by atoms with E-state index in [-0.39, 0.29) is 24.3 Å². The molecule has 0 aromatic carbocycles. The van der Waals surface area contributed by atoms with Crippen LogP contribution in [0.5, 0.6) is 0 Å². The first-order chi connectivity index (χ1) is 8.32. The Morgan fingerprint density at radius 2 is 1.83 bits per heavy atom. The van der Waals surface area contributed by atoms with Crippen molar-refractivity contribution >= 4 is 5.71 Å². The molecule has 0 aromatic rings. The first kappa shape index (κ1) is 13.7. The van der Waals surface area contributed by atoms with E-state index in [1.54, 1.807) is 12.1 Å². The number of alkyl halides is 3. The van der Waals surface area contributed by atoms with Gasteiger partial charge in [0.2, 0.25) is 0 Å². The van der Waals surface area contributed by atoms with E-state index in [9.17, 15) is 13.2 Å². The van der Waals surface area contributed by atoms with Crippen molar-refractivity contribution in [2.45, 2.75) is 51.7 Å². The van der Waals surface area contributed by atoms with Gasteiger partial charge in [0.15, 0.2) is 0 Å². The van der Waals surface area contributed by atoms with Crippen molar-refractivity contribution in [3.05, 3.63) is 0 Å². The molecule has 104 valence electrons. The molecule has 5 heteroatoms. The average Bonchev–Trinajstić information content (AvgIpc) is 2.52. The fourth-order valence-electron chi connectivity index (χ4n) is 3.60. The summed E-state index contributed by atoms with van der Waals surface area (Å²) in [6.07, 6.45) is -1.50. The molecule has 2 aliphatic rings. The summed E-state index contributed by atoms with van der Waals surface area (Å²) in [6, 6.07) is -0.0862. The molecular weight excluding hydrogens is 241 g/mol. The first-order valence-corrected chi connectivity index (χ1v) is 6.67. The summed E-state index contributed by atoms with van der Waals surface area (Å²) in [5, 5.41) is 6.08. The van der Waals surface area contributed by atoms with E-state index in [1.165, 1.54) is 0 Å². The third-order valence-corrected chi connectivity index (χ3v) is 4.60. The van der Waals surface area contributed by atoms with Crippen molar-refractivity contribution in [2.24, 2.45) is 22.9 Å². The zero-order chi connectivity index (χ0) is 13.5. The second-order valence-corrected chi connectivity index (χ2v) is 5.69. The van der Waals surface area contributed by atoms with Gasteiger partial charge in [0.25, 0.3) is 0 Å². The van der Waals surface area contributed by atoms with Gasteiger partial charge in [0.1, 0.15) is 0 Å². The Morgan fingerprint density at radius 1 is 1.22 bits per heavy atom. The maximum atomic E-state index is 13.1. The zero-order valence-electron chi connectivity index (χ0n) is 11.2. The van der Waals surface area contributed by atoms with E-state index in [1.807, 2.05) is 13.8 Å². The van der Waals surface area contributed by atoms with Crippen molar-refractivity contribution in [1.29, 1.82) is 0 Å². The molecule has 0 saturated heterocycles. The maximum Gasteiger partial charge on any atom is 0.392 e. The third-order valence-electron chi connectivity index (χ3n) is 4.60. The molecule has 1 aliphatic carbocycles. The van der Waals surface area contributed by atoms with Crippen LogP contribution < -0.4 is 0 Å². The molecule has 2 rings (SSSR count). The maximum absolute atomic E-state index is 13.1. The van der Waals surface area contributed by atoms with E-state index < -0.39 is 12.1 Å². The Kier molecular flexibility index (Phi) is 3.60. The quantitative estimate of drug-likeness (QED) is 0.704. The van der Waals surface area contributed by atoms with Gasteiger partial charge in [-0.2, -0.15) is 18.3 Å². The summed E-state index contributed by atoms with van der Waals surface area (Å²) < 4.78 is 39.4. The second kappa shape index (κ2) is 4.74. The molecule has 0 aromatic heterocycles. The van der Waals surface area contributed by atoms with Crippen LogP contribution in [-0.4, -0.2) is 30.0 Å². The molecule has 1 fully saturated rings. The van der Waals surface area contributed by atoms with Crippen LogP contribution in [0.15, 0.2) is 5.10 Å². The van der Waals surface area contributed by atoms with Gasteiger partial charge in [-0.15, -0.1) is 0 Å². The predicted molar refractivity (Wildman–Crippen MR) is 65.3 cm³/mol. The Hall–Kier alpha value is -0.740. The van der Waals surface area contributed by atoms with Crippen LogP contribution in [0.4, 0.5) is 13.2 Å². The lowest BCUT2D eigenvalue weighted by atomic mass is 9.71. The molecule has 2 nitrogen and oxygen atoms in total. The van der Waals surface area contributed by atoms with Gasteiger partial charge < -0.3 is 0 Å². The van der Waals surface area contributed by atoms with Crippen molar-refractivity contribution in [2.75, 3.05) is 7.05 Å². The molecule has 4 atom stereocenters. The number of nitrogens with zero attached hydrogens (tertiary/aromatic N) is 2. The molecule has 1 aliphatic heterocycles. The molecule has 0 bridgehead atoms. The van der Waals surface area contributed by atoms with Crippen LogP contribution in [0.2, 0.25) is 0 Å². The minimum Gasteiger partial charge on any atom is -0.296 e. The van der Waals surface area contributed by atoms with Gasteiger partial charge in [-0.3, -0.25) is 5.01 Å². The van der Waals surface area contributed by atoms with Crippen LogP contribution in [-0.2, 0) is 0 Å². The van der Waals surface area contributed by atoms with Crippen LogP contribution in [0.25, 0.3) is 0 Å². The first-order valence-electron chi connectivity index (χ1n) is 6.67. The highest BCUT2D eigenvalue weighted by atomic mass is 19.4. The van der Waals surface area contributed by atoms with Gasteiger partial charge in [0, 0.05) is 18.7 Å². The highest BCUT2D eigenvalue weighted by Gasteiger charge is 2.51. The van der Waals surface area contributed by atoms with Gasteiger partial charge in [-0.1, -0.05) is 19.8 Å². The fraction of sp³-hybridized carbons (Fsp3) is 0.923. The molecule has 0 radical (unpaired) electrons. The lowest BCUT2D eigenvalue weighted by Gasteiger charge is -2.40.